The first-order chi connectivity index (χ1) is 20.3. The Bertz CT molecular complexity index is 1260. The summed E-state index contributed by atoms with van der Waals surface area (Å²) in [5.41, 5.74) is 8.97. The molecular weight excluding hydrogens is 524 g/mol. The Morgan fingerprint density at radius 2 is 1.64 bits per heavy atom. The first kappa shape index (κ1) is 30.3. The van der Waals surface area contributed by atoms with Gasteiger partial charge in [-0.2, -0.15) is 0 Å². The lowest BCUT2D eigenvalue weighted by Crippen LogP contribution is -2.54. The topological polar surface area (TPSA) is 79.9 Å². The average molecular weight is 573 g/mol. The van der Waals surface area contributed by atoms with Crippen molar-refractivity contribution in [2.75, 3.05) is 52.5 Å². The monoisotopic (exact) mass is 572 g/mol. The predicted octanol–water partition coefficient (Wildman–Crippen LogP) is 5.25. The average Bonchev–Trinajstić information content (AvgIpc) is 3.42. The number of hydrogen-bond donors (Lipinski definition) is 1. The number of aromatic nitrogens is 2. The van der Waals surface area contributed by atoms with Gasteiger partial charge in [-0.1, -0.05) is 81.4 Å². The summed E-state index contributed by atoms with van der Waals surface area (Å²) < 4.78 is 7.82. The van der Waals surface area contributed by atoms with Crippen LogP contribution in [0.1, 0.15) is 57.5 Å². The third-order valence-corrected chi connectivity index (χ3v) is 8.60. The van der Waals surface area contributed by atoms with Crippen molar-refractivity contribution in [3.63, 3.8) is 0 Å². The summed E-state index contributed by atoms with van der Waals surface area (Å²) >= 11 is 0. The van der Waals surface area contributed by atoms with Crippen LogP contribution in [-0.4, -0.2) is 88.8 Å². The van der Waals surface area contributed by atoms with Crippen LogP contribution in [0.15, 0.2) is 66.9 Å². The van der Waals surface area contributed by atoms with Crippen molar-refractivity contribution in [3.8, 4) is 11.3 Å². The lowest BCUT2D eigenvalue weighted by Gasteiger charge is -2.45. The number of nitrogens with zero attached hydrogens (tertiary/aromatic N) is 5. The van der Waals surface area contributed by atoms with Gasteiger partial charge in [0.05, 0.1) is 24.9 Å². The van der Waals surface area contributed by atoms with Gasteiger partial charge in [0.15, 0.2) is 0 Å². The van der Waals surface area contributed by atoms with Crippen molar-refractivity contribution >= 4 is 6.03 Å². The van der Waals surface area contributed by atoms with Gasteiger partial charge < -0.3 is 24.8 Å². The quantitative estimate of drug-likeness (QED) is 0.379. The first-order valence-electron chi connectivity index (χ1n) is 15.6. The highest BCUT2D eigenvalue weighted by Crippen LogP contribution is 2.40. The number of urea groups is 1. The summed E-state index contributed by atoms with van der Waals surface area (Å²) in [6.07, 6.45) is 4.89. The van der Waals surface area contributed by atoms with Gasteiger partial charge in [-0.3, -0.25) is 4.90 Å². The largest absolute Gasteiger partial charge is 0.379 e. The van der Waals surface area contributed by atoms with E-state index < -0.39 is 0 Å². The van der Waals surface area contributed by atoms with Crippen LogP contribution < -0.4 is 5.73 Å². The van der Waals surface area contributed by atoms with Crippen molar-refractivity contribution in [1.29, 1.82) is 0 Å². The maximum Gasteiger partial charge on any atom is 0.320 e. The predicted molar refractivity (Wildman–Crippen MR) is 168 cm³/mol. The van der Waals surface area contributed by atoms with Crippen molar-refractivity contribution in [3.05, 3.63) is 78.2 Å². The SMILES string of the molecule is CC(C)(C)[C@H](c1nc(-c2ccccc2)cn1Cc1ccccc1)N(CCCN)C(=O)N1CCC(N2CCOCC2)CC1. The summed E-state index contributed by atoms with van der Waals surface area (Å²) in [4.78, 5) is 26.4. The van der Waals surface area contributed by atoms with Crippen LogP contribution in [0.5, 0.6) is 0 Å². The molecular formula is C34H48N6O2. The fraction of sp³-hybridized carbons (Fsp3) is 0.529. The van der Waals surface area contributed by atoms with Crippen LogP contribution in [0.4, 0.5) is 4.79 Å². The number of hydrogen-bond acceptors (Lipinski definition) is 5. The normalized spacial score (nSPS) is 17.8. The summed E-state index contributed by atoms with van der Waals surface area (Å²) in [6.45, 7) is 13.6. The molecule has 2 amide bonds. The number of ether oxygens (including phenoxy) is 1. The van der Waals surface area contributed by atoms with Crippen LogP contribution in [0.3, 0.4) is 0 Å². The zero-order chi connectivity index (χ0) is 29.5. The molecule has 2 aliphatic heterocycles. The zero-order valence-electron chi connectivity index (χ0n) is 25.6. The smallest absolute Gasteiger partial charge is 0.320 e. The van der Waals surface area contributed by atoms with E-state index in [1.165, 1.54) is 5.56 Å². The van der Waals surface area contributed by atoms with E-state index >= 15 is 0 Å². The second-order valence-electron chi connectivity index (χ2n) is 12.7. The van der Waals surface area contributed by atoms with E-state index in [0.717, 1.165) is 75.7 Å². The Labute approximate surface area is 251 Å². The zero-order valence-corrected chi connectivity index (χ0v) is 25.6. The van der Waals surface area contributed by atoms with Gasteiger partial charge in [-0.25, -0.2) is 9.78 Å². The van der Waals surface area contributed by atoms with E-state index in [1.807, 2.05) is 24.3 Å². The van der Waals surface area contributed by atoms with E-state index in [-0.39, 0.29) is 17.5 Å². The molecule has 2 aliphatic rings. The highest BCUT2D eigenvalue weighted by molar-refractivity contribution is 5.75. The minimum atomic E-state index is -0.260. The van der Waals surface area contributed by atoms with Gasteiger partial charge in [0, 0.05) is 57.1 Å². The Balaban J connectivity index is 1.47. The highest BCUT2D eigenvalue weighted by Gasteiger charge is 2.40. The van der Waals surface area contributed by atoms with Crippen LogP contribution in [0, 0.1) is 5.41 Å². The van der Waals surface area contributed by atoms with Crippen LogP contribution in [0.25, 0.3) is 11.3 Å². The molecule has 2 saturated heterocycles. The Hall–Kier alpha value is -3.20. The van der Waals surface area contributed by atoms with Gasteiger partial charge in [-0.05, 0) is 36.8 Å². The Kier molecular flexibility index (Phi) is 9.98. The minimum absolute atomic E-state index is 0.0966. The standard InChI is InChI=1S/C34H48N6O2/c1-34(2,3)31(32-36-30(28-13-8-5-9-14-28)26-39(32)25-27-11-6-4-7-12-27)40(18-10-17-35)33(41)38-19-15-29(16-20-38)37-21-23-42-24-22-37/h4-9,11-14,26,29,31H,10,15-25,35H2,1-3H3/t31-/m0/s1. The molecule has 2 fully saturated rings. The summed E-state index contributed by atoms with van der Waals surface area (Å²) in [7, 11) is 0. The minimum Gasteiger partial charge on any atom is -0.379 e. The number of rotatable bonds is 9. The van der Waals surface area contributed by atoms with Gasteiger partial charge in [0.25, 0.3) is 0 Å². The Morgan fingerprint density at radius 3 is 2.26 bits per heavy atom. The fourth-order valence-electron chi connectivity index (χ4n) is 6.44. The van der Waals surface area contributed by atoms with Crippen molar-refractivity contribution in [1.82, 2.24) is 24.3 Å². The number of nitrogens with two attached hydrogens (primary N) is 1. The van der Waals surface area contributed by atoms with Crippen molar-refractivity contribution in [2.24, 2.45) is 11.1 Å². The van der Waals surface area contributed by atoms with Crippen molar-refractivity contribution in [2.45, 2.75) is 58.7 Å². The molecule has 8 nitrogen and oxygen atoms in total. The third-order valence-electron chi connectivity index (χ3n) is 8.60. The molecule has 5 rings (SSSR count). The van der Waals surface area contributed by atoms with Crippen LogP contribution in [0.2, 0.25) is 0 Å². The number of morpholine rings is 1. The molecule has 8 heteroatoms. The third kappa shape index (κ3) is 7.22. The summed E-state index contributed by atoms with van der Waals surface area (Å²) in [5, 5.41) is 0. The summed E-state index contributed by atoms with van der Waals surface area (Å²) in [5.74, 6) is 0.916. The number of piperidine rings is 1. The number of benzene rings is 2. The van der Waals surface area contributed by atoms with Gasteiger partial charge in [-0.15, -0.1) is 0 Å². The second kappa shape index (κ2) is 13.8. The number of amides is 2. The van der Waals surface area contributed by atoms with E-state index in [1.54, 1.807) is 0 Å². The van der Waals surface area contributed by atoms with Gasteiger partial charge in [0.1, 0.15) is 5.82 Å². The molecule has 1 aromatic heterocycles. The maximum atomic E-state index is 14.4. The molecule has 2 aromatic carbocycles. The molecule has 3 aromatic rings. The molecule has 3 heterocycles. The molecule has 0 aliphatic carbocycles. The number of likely N-dealkylation sites (tertiary alicyclic amines) is 1. The van der Waals surface area contributed by atoms with Gasteiger partial charge in [0.2, 0.25) is 0 Å². The highest BCUT2D eigenvalue weighted by atomic mass is 16.5. The first-order valence-corrected chi connectivity index (χ1v) is 15.6. The fourth-order valence-corrected chi connectivity index (χ4v) is 6.44. The van der Waals surface area contributed by atoms with E-state index in [0.29, 0.717) is 25.7 Å². The molecule has 1 atom stereocenters. The number of carbonyl (C=O) groups is 1. The van der Waals surface area contributed by atoms with E-state index in [4.69, 9.17) is 15.5 Å². The molecule has 0 spiro atoms. The molecule has 2 N–H and O–H groups in total. The number of imidazole rings is 1. The molecule has 226 valence electrons. The van der Waals surface area contributed by atoms with Crippen LogP contribution >= 0.6 is 0 Å². The molecule has 0 bridgehead atoms. The summed E-state index contributed by atoms with van der Waals surface area (Å²) in [6, 6.07) is 21.2. The van der Waals surface area contributed by atoms with E-state index in [2.05, 4.69) is 82.6 Å². The van der Waals surface area contributed by atoms with Gasteiger partial charge >= 0.3 is 6.03 Å². The lowest BCUT2D eigenvalue weighted by molar-refractivity contribution is 0.000884. The molecule has 0 radical (unpaired) electrons. The lowest BCUT2D eigenvalue weighted by atomic mass is 9.84. The molecule has 0 unspecified atom stereocenters. The second-order valence-corrected chi connectivity index (χ2v) is 12.7. The van der Waals surface area contributed by atoms with E-state index in [9.17, 15) is 4.79 Å². The molecule has 0 saturated carbocycles. The van der Waals surface area contributed by atoms with Crippen molar-refractivity contribution < 1.29 is 9.53 Å². The van der Waals surface area contributed by atoms with Crippen LogP contribution in [-0.2, 0) is 11.3 Å². The maximum absolute atomic E-state index is 14.4. The Morgan fingerprint density at radius 1 is 1.00 bits per heavy atom. The number of carbonyl (C=O) groups excluding carboxylic acids is 1. The molecule has 42 heavy (non-hydrogen) atoms.